The summed E-state index contributed by atoms with van der Waals surface area (Å²) in [6.45, 7) is 1.53. The Kier molecular flexibility index (Phi) is 6.83. The summed E-state index contributed by atoms with van der Waals surface area (Å²) in [7, 11) is 8.14. The van der Waals surface area contributed by atoms with Crippen molar-refractivity contribution >= 4 is 0 Å². The molecule has 2 aromatic rings. The Balaban J connectivity index is 2.12. The zero-order chi connectivity index (χ0) is 17.5. The van der Waals surface area contributed by atoms with Crippen LogP contribution in [0.4, 0.5) is 0 Å². The van der Waals surface area contributed by atoms with E-state index in [2.05, 4.69) is 52.3 Å². The van der Waals surface area contributed by atoms with Gasteiger partial charge in [0.2, 0.25) is 0 Å². The lowest BCUT2D eigenvalue weighted by Crippen LogP contribution is -2.14. The van der Waals surface area contributed by atoms with E-state index in [1.54, 1.807) is 0 Å². The maximum atomic E-state index is 10.6. The molecule has 0 spiro atoms. The fraction of sp³-hybridized carbons (Fsp3) is 0.429. The second kappa shape index (κ2) is 8.86. The van der Waals surface area contributed by atoms with Gasteiger partial charge >= 0.3 is 0 Å². The summed E-state index contributed by atoms with van der Waals surface area (Å²) in [5, 5.41) is 10.6. The highest BCUT2D eigenvalue weighted by Crippen LogP contribution is 2.27. The molecule has 0 aliphatic heterocycles. The number of aryl methyl sites for hydroxylation is 2. The predicted octanol–water partition coefficient (Wildman–Crippen LogP) is 3.69. The highest BCUT2D eigenvalue weighted by molar-refractivity contribution is 5.44. The normalized spacial score (nSPS) is 11.4. The summed E-state index contributed by atoms with van der Waals surface area (Å²) in [6.07, 6.45) is 3.25. The van der Waals surface area contributed by atoms with Crippen LogP contribution in [0, 0.1) is 0 Å². The zero-order valence-electron chi connectivity index (χ0n) is 15.4. The first-order chi connectivity index (χ1) is 11.5. The molecule has 1 N–H and O–H groups in total. The molecule has 0 saturated heterocycles. The van der Waals surface area contributed by atoms with Crippen molar-refractivity contribution < 1.29 is 5.11 Å². The van der Waals surface area contributed by atoms with Gasteiger partial charge in [-0.25, -0.2) is 0 Å². The van der Waals surface area contributed by atoms with Crippen molar-refractivity contribution in [3.63, 3.8) is 0 Å². The summed E-state index contributed by atoms with van der Waals surface area (Å²) in [6, 6.07) is 15.0. The van der Waals surface area contributed by atoms with E-state index in [4.69, 9.17) is 0 Å². The molecule has 0 radical (unpaired) electrons. The van der Waals surface area contributed by atoms with Gasteiger partial charge < -0.3 is 14.9 Å². The first-order valence-corrected chi connectivity index (χ1v) is 8.62. The highest BCUT2D eigenvalue weighted by Gasteiger charge is 2.12. The van der Waals surface area contributed by atoms with Gasteiger partial charge in [0.25, 0.3) is 0 Å². The fourth-order valence-corrected chi connectivity index (χ4v) is 3.04. The average molecular weight is 326 g/mol. The quantitative estimate of drug-likeness (QED) is 0.801. The van der Waals surface area contributed by atoms with Gasteiger partial charge in [0.1, 0.15) is 5.75 Å². The van der Waals surface area contributed by atoms with Crippen LogP contribution in [-0.4, -0.2) is 43.1 Å². The number of benzene rings is 2. The summed E-state index contributed by atoms with van der Waals surface area (Å²) >= 11 is 0. The monoisotopic (exact) mass is 326 g/mol. The lowest BCUT2D eigenvalue weighted by molar-refractivity contribution is 0.368. The van der Waals surface area contributed by atoms with Crippen LogP contribution < -0.4 is 0 Å². The molecule has 0 aliphatic carbocycles. The third kappa shape index (κ3) is 5.66. The average Bonchev–Trinajstić information content (AvgIpc) is 2.52. The van der Waals surface area contributed by atoms with E-state index in [0.29, 0.717) is 5.75 Å². The largest absolute Gasteiger partial charge is 0.507 e. The zero-order valence-corrected chi connectivity index (χ0v) is 15.4. The number of hydrogen-bond acceptors (Lipinski definition) is 3. The van der Waals surface area contributed by atoms with Gasteiger partial charge in [0.05, 0.1) is 0 Å². The Morgan fingerprint density at radius 2 is 1.25 bits per heavy atom. The fourth-order valence-electron chi connectivity index (χ4n) is 3.04. The van der Waals surface area contributed by atoms with Crippen LogP contribution >= 0.6 is 0 Å². The van der Waals surface area contributed by atoms with Gasteiger partial charge in [0, 0.05) is 24.2 Å². The number of aromatic hydroxyl groups is 1. The molecule has 2 aromatic carbocycles. The van der Waals surface area contributed by atoms with Crippen molar-refractivity contribution in [1.82, 2.24) is 9.80 Å². The van der Waals surface area contributed by atoms with Crippen molar-refractivity contribution in [3.05, 3.63) is 64.7 Å². The Bertz CT molecular complexity index is 605. The van der Waals surface area contributed by atoms with Gasteiger partial charge in [0.15, 0.2) is 0 Å². The summed E-state index contributed by atoms with van der Waals surface area (Å²) in [5.74, 6) is 0.448. The summed E-state index contributed by atoms with van der Waals surface area (Å²) < 4.78 is 0. The molecule has 3 heteroatoms. The van der Waals surface area contributed by atoms with Crippen LogP contribution in [-0.2, 0) is 25.9 Å². The van der Waals surface area contributed by atoms with Crippen molar-refractivity contribution in [2.45, 2.75) is 32.4 Å². The Labute approximate surface area is 146 Å². The number of phenolic OH excluding ortho intramolecular Hbond substituents is 1. The molecule has 0 fully saturated rings. The van der Waals surface area contributed by atoms with E-state index in [0.717, 1.165) is 43.5 Å². The lowest BCUT2D eigenvalue weighted by atomic mass is 9.98. The number of rotatable bonds is 8. The number of phenols is 1. The topological polar surface area (TPSA) is 26.7 Å². The third-order valence-electron chi connectivity index (χ3n) is 4.07. The molecule has 0 aliphatic rings. The molecule has 0 saturated carbocycles. The number of hydrogen-bond donors (Lipinski definition) is 1. The minimum Gasteiger partial charge on any atom is -0.507 e. The van der Waals surface area contributed by atoms with E-state index < -0.39 is 0 Å². The molecule has 0 heterocycles. The van der Waals surface area contributed by atoms with Gasteiger partial charge in [-0.05, 0) is 58.6 Å². The number of nitrogens with zero attached hydrogens (tertiary/aromatic N) is 2. The van der Waals surface area contributed by atoms with Crippen LogP contribution in [0.2, 0.25) is 0 Å². The van der Waals surface area contributed by atoms with Crippen LogP contribution in [0.5, 0.6) is 5.75 Å². The first-order valence-electron chi connectivity index (χ1n) is 8.62. The molecular weight excluding hydrogens is 296 g/mol. The predicted molar refractivity (Wildman–Crippen MR) is 101 cm³/mol. The van der Waals surface area contributed by atoms with E-state index in [1.807, 2.05) is 28.2 Å². The standard InChI is InChI=1S/C21H30N2O/c1-22(2)15-19-13-18(14-20(21(19)24)16-23(3)4)12-8-11-17-9-6-5-7-10-17/h5-7,9-10,13-14,24H,8,11-12,15-16H2,1-4H3. The van der Waals surface area contributed by atoms with Crippen LogP contribution in [0.3, 0.4) is 0 Å². The lowest BCUT2D eigenvalue weighted by Gasteiger charge is -2.18. The van der Waals surface area contributed by atoms with Gasteiger partial charge in [-0.2, -0.15) is 0 Å². The Morgan fingerprint density at radius 1 is 0.750 bits per heavy atom. The second-order valence-electron chi connectivity index (χ2n) is 7.08. The van der Waals surface area contributed by atoms with E-state index in [-0.39, 0.29) is 0 Å². The van der Waals surface area contributed by atoms with Crippen molar-refractivity contribution in [2.24, 2.45) is 0 Å². The molecule has 130 valence electrons. The molecule has 2 rings (SSSR count). The summed E-state index contributed by atoms with van der Waals surface area (Å²) in [5.41, 5.74) is 4.75. The smallest absolute Gasteiger partial charge is 0.124 e. The summed E-state index contributed by atoms with van der Waals surface area (Å²) in [4.78, 5) is 4.20. The highest BCUT2D eigenvalue weighted by atomic mass is 16.3. The molecule has 3 nitrogen and oxygen atoms in total. The van der Waals surface area contributed by atoms with Gasteiger partial charge in [-0.1, -0.05) is 42.5 Å². The molecular formula is C21H30N2O. The van der Waals surface area contributed by atoms with Crippen LogP contribution in [0.15, 0.2) is 42.5 Å². The Morgan fingerprint density at radius 3 is 1.75 bits per heavy atom. The molecule has 0 atom stereocenters. The van der Waals surface area contributed by atoms with E-state index in [9.17, 15) is 5.11 Å². The SMILES string of the molecule is CN(C)Cc1cc(CCCc2ccccc2)cc(CN(C)C)c1O. The second-order valence-corrected chi connectivity index (χ2v) is 7.08. The van der Waals surface area contributed by atoms with Crippen molar-refractivity contribution in [2.75, 3.05) is 28.2 Å². The van der Waals surface area contributed by atoms with Crippen LogP contribution in [0.1, 0.15) is 28.7 Å². The van der Waals surface area contributed by atoms with Gasteiger partial charge in [-0.3, -0.25) is 0 Å². The van der Waals surface area contributed by atoms with Crippen molar-refractivity contribution in [1.29, 1.82) is 0 Å². The minimum absolute atomic E-state index is 0.448. The van der Waals surface area contributed by atoms with Crippen LogP contribution in [0.25, 0.3) is 0 Å². The molecule has 0 bridgehead atoms. The minimum atomic E-state index is 0.448. The van der Waals surface area contributed by atoms with E-state index in [1.165, 1.54) is 11.1 Å². The maximum absolute atomic E-state index is 10.6. The van der Waals surface area contributed by atoms with Crippen molar-refractivity contribution in [3.8, 4) is 5.75 Å². The molecule has 0 unspecified atom stereocenters. The first kappa shape index (κ1) is 18.5. The Hall–Kier alpha value is -1.84. The third-order valence-corrected chi connectivity index (χ3v) is 4.07. The molecule has 24 heavy (non-hydrogen) atoms. The molecule has 0 aromatic heterocycles. The molecule has 0 amide bonds. The maximum Gasteiger partial charge on any atom is 0.124 e. The van der Waals surface area contributed by atoms with Gasteiger partial charge in [-0.15, -0.1) is 0 Å². The van der Waals surface area contributed by atoms with E-state index >= 15 is 0 Å².